The van der Waals surface area contributed by atoms with E-state index in [0.29, 0.717) is 5.56 Å². The number of nitro benzene ring substituents is 1. The molecule has 144 valence electrons. The van der Waals surface area contributed by atoms with Crippen LogP contribution in [0.15, 0.2) is 48.7 Å². The molecule has 0 bridgehead atoms. The lowest BCUT2D eigenvalue weighted by Crippen LogP contribution is -2.44. The van der Waals surface area contributed by atoms with Crippen molar-refractivity contribution in [3.8, 4) is 6.07 Å². The van der Waals surface area contributed by atoms with Gasteiger partial charge in [-0.2, -0.15) is 5.26 Å². The first-order valence-electron chi connectivity index (χ1n) is 9.44. The van der Waals surface area contributed by atoms with Crippen molar-refractivity contribution in [2.24, 2.45) is 0 Å². The van der Waals surface area contributed by atoms with Gasteiger partial charge in [-0.25, -0.2) is 0 Å². The third-order valence-corrected chi connectivity index (χ3v) is 5.17. The first-order valence-corrected chi connectivity index (χ1v) is 9.44. The Hall–Kier alpha value is -3.17. The molecule has 1 aliphatic rings. The fraction of sp³-hybridized carbons (Fsp3) is 0.318. The van der Waals surface area contributed by atoms with Crippen molar-refractivity contribution in [3.05, 3.63) is 81.0 Å². The van der Waals surface area contributed by atoms with Gasteiger partial charge in [-0.3, -0.25) is 15.0 Å². The quantitative estimate of drug-likeness (QED) is 0.569. The molecule has 0 saturated carbocycles. The van der Waals surface area contributed by atoms with Gasteiger partial charge in [0.2, 0.25) is 0 Å². The number of hydrogen-bond acceptors (Lipinski definition) is 5. The number of hydrogen-bond donors (Lipinski definition) is 0. The topological polar surface area (TPSA) is 73.4 Å². The number of aryl methyl sites for hydroxylation is 1. The summed E-state index contributed by atoms with van der Waals surface area (Å²) < 4.78 is 0. The molecule has 2 aromatic carbocycles. The normalized spacial score (nSPS) is 14.9. The second kappa shape index (κ2) is 9.16. The van der Waals surface area contributed by atoms with Crippen molar-refractivity contribution in [1.82, 2.24) is 9.80 Å². The van der Waals surface area contributed by atoms with Crippen molar-refractivity contribution < 1.29 is 4.92 Å². The van der Waals surface area contributed by atoms with Gasteiger partial charge in [-0.05, 0) is 48.4 Å². The van der Waals surface area contributed by atoms with Gasteiger partial charge in [-0.15, -0.1) is 0 Å². The average Bonchev–Trinajstić information content (AvgIpc) is 2.72. The Morgan fingerprint density at radius 3 is 2.50 bits per heavy atom. The van der Waals surface area contributed by atoms with Gasteiger partial charge in [0.1, 0.15) is 0 Å². The molecule has 6 nitrogen and oxygen atoms in total. The first kappa shape index (κ1) is 19.6. The third-order valence-electron chi connectivity index (χ3n) is 5.17. The van der Waals surface area contributed by atoms with Gasteiger partial charge < -0.3 is 4.90 Å². The van der Waals surface area contributed by atoms with E-state index in [2.05, 4.69) is 22.1 Å². The molecule has 1 saturated heterocycles. The number of rotatable bonds is 6. The summed E-state index contributed by atoms with van der Waals surface area (Å²) in [5, 5.41) is 20.0. The molecule has 0 aliphatic carbocycles. The molecule has 6 heteroatoms. The van der Waals surface area contributed by atoms with Crippen LogP contribution in [-0.2, 0) is 6.42 Å². The number of nitriles is 1. The molecule has 0 spiro atoms. The summed E-state index contributed by atoms with van der Waals surface area (Å²) in [6, 6.07) is 14.9. The molecule has 3 rings (SSSR count). The van der Waals surface area contributed by atoms with E-state index >= 15 is 0 Å². The highest BCUT2D eigenvalue weighted by Crippen LogP contribution is 2.16. The second-order valence-corrected chi connectivity index (χ2v) is 7.01. The van der Waals surface area contributed by atoms with Crippen LogP contribution in [0.1, 0.15) is 22.3 Å². The lowest BCUT2D eigenvalue weighted by molar-refractivity contribution is -0.384. The van der Waals surface area contributed by atoms with Crippen molar-refractivity contribution in [1.29, 1.82) is 5.26 Å². The molecule has 0 radical (unpaired) electrons. The predicted octanol–water partition coefficient (Wildman–Crippen LogP) is 3.61. The Kier molecular flexibility index (Phi) is 6.41. The molecule has 2 aromatic rings. The standard InChI is InChI=1S/C22H24N4O2/c1-18-3-2-4-20(17-23)22(18)10-12-25-15-13-24(14-16-25)11-9-19-5-7-21(8-6-19)26(27)28/h2-8,10,12H,9,11,13-16H2,1H3. The van der Waals surface area contributed by atoms with Crippen LogP contribution < -0.4 is 0 Å². The molecule has 0 unspecified atom stereocenters. The van der Waals surface area contributed by atoms with Crippen molar-refractivity contribution >= 4 is 11.8 Å². The van der Waals surface area contributed by atoms with Gasteiger partial charge in [0.25, 0.3) is 5.69 Å². The third kappa shape index (κ3) is 4.96. The Bertz CT molecular complexity index is 892. The highest BCUT2D eigenvalue weighted by Gasteiger charge is 2.14. The maximum atomic E-state index is 10.7. The van der Waals surface area contributed by atoms with E-state index in [1.807, 2.05) is 43.3 Å². The molecular weight excluding hydrogens is 352 g/mol. The van der Waals surface area contributed by atoms with E-state index in [9.17, 15) is 15.4 Å². The van der Waals surface area contributed by atoms with Crippen LogP contribution in [0.3, 0.4) is 0 Å². The lowest BCUT2D eigenvalue weighted by atomic mass is 10.0. The molecule has 0 aromatic heterocycles. The van der Waals surface area contributed by atoms with Gasteiger partial charge in [-0.1, -0.05) is 24.3 Å². The van der Waals surface area contributed by atoms with Crippen LogP contribution in [0.2, 0.25) is 0 Å². The molecule has 28 heavy (non-hydrogen) atoms. The van der Waals surface area contributed by atoms with Crippen molar-refractivity contribution in [3.63, 3.8) is 0 Å². The van der Waals surface area contributed by atoms with E-state index in [1.54, 1.807) is 12.1 Å². The second-order valence-electron chi connectivity index (χ2n) is 7.01. The highest BCUT2D eigenvalue weighted by atomic mass is 16.6. The average molecular weight is 376 g/mol. The number of piperazine rings is 1. The first-order chi connectivity index (χ1) is 13.6. The zero-order valence-corrected chi connectivity index (χ0v) is 16.0. The molecule has 1 fully saturated rings. The van der Waals surface area contributed by atoms with Crippen LogP contribution in [0.4, 0.5) is 5.69 Å². The maximum absolute atomic E-state index is 10.7. The Morgan fingerprint density at radius 2 is 1.86 bits per heavy atom. The smallest absolute Gasteiger partial charge is 0.269 e. The van der Waals surface area contributed by atoms with Gasteiger partial charge in [0, 0.05) is 44.9 Å². The zero-order chi connectivity index (χ0) is 19.9. The lowest BCUT2D eigenvalue weighted by Gasteiger charge is -2.34. The number of nitro groups is 1. The van der Waals surface area contributed by atoms with Crippen LogP contribution >= 0.6 is 0 Å². The minimum Gasteiger partial charge on any atom is -0.375 e. The minimum absolute atomic E-state index is 0.136. The molecule has 1 heterocycles. The maximum Gasteiger partial charge on any atom is 0.269 e. The Morgan fingerprint density at radius 1 is 1.14 bits per heavy atom. The monoisotopic (exact) mass is 376 g/mol. The van der Waals surface area contributed by atoms with Gasteiger partial charge in [0.05, 0.1) is 16.6 Å². The largest absolute Gasteiger partial charge is 0.375 e. The molecule has 0 N–H and O–H groups in total. The summed E-state index contributed by atoms with van der Waals surface area (Å²) in [4.78, 5) is 15.1. The van der Waals surface area contributed by atoms with E-state index < -0.39 is 0 Å². The highest BCUT2D eigenvalue weighted by molar-refractivity contribution is 5.61. The Balaban J connectivity index is 1.48. The Labute approximate surface area is 165 Å². The van der Waals surface area contributed by atoms with Crippen LogP contribution in [0.5, 0.6) is 0 Å². The molecule has 0 atom stereocenters. The van der Waals surface area contributed by atoms with Crippen LogP contribution in [0, 0.1) is 28.4 Å². The summed E-state index contributed by atoms with van der Waals surface area (Å²) >= 11 is 0. The van der Waals surface area contributed by atoms with Gasteiger partial charge >= 0.3 is 0 Å². The summed E-state index contributed by atoms with van der Waals surface area (Å²) in [6.07, 6.45) is 5.03. The van der Waals surface area contributed by atoms with E-state index in [1.165, 1.54) is 0 Å². The summed E-state index contributed by atoms with van der Waals surface area (Å²) in [5.41, 5.74) is 4.06. The van der Waals surface area contributed by atoms with E-state index in [0.717, 1.165) is 55.8 Å². The van der Waals surface area contributed by atoms with Crippen LogP contribution in [-0.4, -0.2) is 47.4 Å². The summed E-state index contributed by atoms with van der Waals surface area (Å²) in [7, 11) is 0. The summed E-state index contributed by atoms with van der Waals surface area (Å²) in [6.45, 7) is 6.84. The molecule has 1 aliphatic heterocycles. The fourth-order valence-corrected chi connectivity index (χ4v) is 3.39. The number of nitrogens with zero attached hydrogens (tertiary/aromatic N) is 4. The summed E-state index contributed by atoms with van der Waals surface area (Å²) in [5.74, 6) is 0. The van der Waals surface area contributed by atoms with E-state index in [-0.39, 0.29) is 10.6 Å². The fourth-order valence-electron chi connectivity index (χ4n) is 3.39. The van der Waals surface area contributed by atoms with E-state index in [4.69, 9.17) is 0 Å². The number of non-ortho nitro benzene ring substituents is 1. The van der Waals surface area contributed by atoms with Crippen molar-refractivity contribution in [2.45, 2.75) is 13.3 Å². The van der Waals surface area contributed by atoms with Gasteiger partial charge in [0.15, 0.2) is 0 Å². The van der Waals surface area contributed by atoms with Crippen LogP contribution in [0.25, 0.3) is 6.08 Å². The molecular formula is C22H24N4O2. The SMILES string of the molecule is Cc1cccc(C#N)c1C=CN1CCN(CCc2ccc([N+](=O)[O-])cc2)CC1. The minimum atomic E-state index is -0.368. The predicted molar refractivity (Wildman–Crippen MR) is 110 cm³/mol. The molecule has 0 amide bonds. The zero-order valence-electron chi connectivity index (χ0n) is 16.0. The van der Waals surface area contributed by atoms with Crippen molar-refractivity contribution in [2.75, 3.05) is 32.7 Å². The number of benzene rings is 2.